The second kappa shape index (κ2) is 11.2. The van der Waals surface area contributed by atoms with Gasteiger partial charge in [0.2, 0.25) is 11.9 Å². The first kappa shape index (κ1) is 30.1. The molecule has 1 amide bonds. The van der Waals surface area contributed by atoms with E-state index in [1.54, 1.807) is 19.9 Å². The van der Waals surface area contributed by atoms with E-state index in [2.05, 4.69) is 75.7 Å². The van der Waals surface area contributed by atoms with Gasteiger partial charge in [0.15, 0.2) is 0 Å². The highest BCUT2D eigenvalue weighted by Crippen LogP contribution is 2.48. The van der Waals surface area contributed by atoms with Crippen molar-refractivity contribution >= 4 is 40.0 Å². The molecule has 0 saturated carbocycles. The van der Waals surface area contributed by atoms with Gasteiger partial charge in [-0.1, -0.05) is 69.2 Å². The van der Waals surface area contributed by atoms with Crippen LogP contribution in [0.2, 0.25) is 22.2 Å². The van der Waals surface area contributed by atoms with Gasteiger partial charge in [-0.3, -0.25) is 19.9 Å². The Morgan fingerprint density at radius 3 is 2.13 bits per heavy atom. The van der Waals surface area contributed by atoms with E-state index in [1.807, 2.05) is 0 Å². The minimum Gasteiger partial charge on any atom is -0.414 e. The molecule has 2 aromatic rings. The molecule has 2 aromatic heterocycles. The van der Waals surface area contributed by atoms with Gasteiger partial charge < -0.3 is 22.7 Å². The summed E-state index contributed by atoms with van der Waals surface area (Å²) in [6, 6.07) is 1.78. The molecule has 2 saturated heterocycles. The van der Waals surface area contributed by atoms with E-state index < -0.39 is 17.1 Å². The van der Waals surface area contributed by atoms with Crippen LogP contribution >= 0.6 is 0 Å². The lowest BCUT2D eigenvalue weighted by atomic mass is 10.1. The number of hydrogen-bond acceptors (Lipinski definition) is 7. The summed E-state index contributed by atoms with van der Waals surface area (Å²) in [5.74, 6) is -0.333. The molecule has 2 fully saturated rings. The van der Waals surface area contributed by atoms with Gasteiger partial charge >= 0.3 is 17.1 Å². The van der Waals surface area contributed by atoms with E-state index in [0.29, 0.717) is 24.1 Å². The highest BCUT2D eigenvalue weighted by molar-refractivity contribution is 6.83. The van der Waals surface area contributed by atoms with Crippen molar-refractivity contribution in [1.29, 1.82) is 0 Å². The van der Waals surface area contributed by atoms with Crippen molar-refractivity contribution in [1.82, 2.24) is 15.0 Å². The molecule has 0 bridgehead atoms. The first-order valence-electron chi connectivity index (χ1n) is 14.3. The third-order valence-corrected chi connectivity index (χ3v) is 18.5. The summed E-state index contributed by atoms with van der Waals surface area (Å²) >= 11 is 0. The topological polar surface area (TPSA) is 128 Å². The Labute approximate surface area is 233 Å². The number of rotatable bonds is 7. The van der Waals surface area contributed by atoms with Crippen LogP contribution in [0.25, 0.3) is 11.0 Å². The number of aromatic nitrogens is 3. The molecule has 2 aliphatic heterocycles. The molecule has 0 radical (unpaired) electrons. The molecule has 3 atom stereocenters. The Morgan fingerprint density at radius 2 is 1.56 bits per heavy atom. The predicted octanol–water partition coefficient (Wildman–Crippen LogP) is 5.63. The summed E-state index contributed by atoms with van der Waals surface area (Å²) in [6.07, 6.45) is -0.128. The van der Waals surface area contributed by atoms with E-state index >= 15 is 0 Å². The Hall–Kier alpha value is -1.84. The average molecular weight is 579 g/mol. The fourth-order valence-corrected chi connectivity index (χ4v) is 17.1. The third-order valence-electron chi connectivity index (χ3n) is 8.18. The highest BCUT2D eigenvalue weighted by Gasteiger charge is 2.60. The van der Waals surface area contributed by atoms with Crippen molar-refractivity contribution in [2.24, 2.45) is 5.92 Å². The van der Waals surface area contributed by atoms with E-state index in [-0.39, 0.29) is 63.8 Å². The zero-order valence-corrected chi connectivity index (χ0v) is 27.0. The minimum atomic E-state index is -2.73. The third kappa shape index (κ3) is 5.56. The zero-order valence-electron chi connectivity index (χ0n) is 25.0. The Morgan fingerprint density at radius 1 is 0.949 bits per heavy atom. The van der Waals surface area contributed by atoms with Gasteiger partial charge in [0.05, 0.1) is 18.1 Å². The summed E-state index contributed by atoms with van der Waals surface area (Å²) in [5, 5.41) is 3.08. The van der Waals surface area contributed by atoms with Gasteiger partial charge in [0.25, 0.3) is 5.56 Å². The number of nitrogens with zero attached hydrogens (tertiary/aromatic N) is 1. The fourth-order valence-electron chi connectivity index (χ4n) is 5.88. The standard InChI is InChI=1S/C27H46N4O6Si2/c1-14(2)25(32)30-27-29-24-19(26(33)31-27)11-20(28-24)21-12-22-23(35-21)13-34-38(15(3)4,16(5)6)37-39(36-22,17(7)8)18(9)10/h11,14-18,21-23H,12-13H2,1-10H3,(H3,28,29,30,31,32,33)/t21-,22+,23-/m1/s1. The van der Waals surface area contributed by atoms with Crippen LogP contribution in [-0.4, -0.2) is 56.8 Å². The molecule has 0 aromatic carbocycles. The van der Waals surface area contributed by atoms with Crippen molar-refractivity contribution in [3.8, 4) is 0 Å². The van der Waals surface area contributed by atoms with E-state index in [9.17, 15) is 9.59 Å². The minimum absolute atomic E-state index is 0.121. The van der Waals surface area contributed by atoms with Gasteiger partial charge in [-0.2, -0.15) is 4.98 Å². The predicted molar refractivity (Wildman–Crippen MR) is 156 cm³/mol. The van der Waals surface area contributed by atoms with Crippen molar-refractivity contribution in [2.75, 3.05) is 11.9 Å². The van der Waals surface area contributed by atoms with Gasteiger partial charge in [0, 0.05) is 18.0 Å². The molecular weight excluding hydrogens is 532 g/mol. The Balaban J connectivity index is 1.67. The number of amides is 1. The van der Waals surface area contributed by atoms with Crippen LogP contribution in [0, 0.1) is 5.92 Å². The zero-order chi connectivity index (χ0) is 28.9. The molecule has 3 N–H and O–H groups in total. The van der Waals surface area contributed by atoms with E-state index in [1.165, 1.54) is 0 Å². The maximum absolute atomic E-state index is 12.8. The number of ether oxygens (including phenoxy) is 1. The molecule has 2 aliphatic rings. The number of carbonyl (C=O) groups excluding carboxylic acids is 1. The van der Waals surface area contributed by atoms with Crippen LogP contribution in [-0.2, 0) is 22.5 Å². The van der Waals surface area contributed by atoms with Gasteiger partial charge in [-0.15, -0.1) is 0 Å². The highest BCUT2D eigenvalue weighted by atomic mass is 28.5. The van der Waals surface area contributed by atoms with Gasteiger partial charge in [-0.05, 0) is 28.2 Å². The molecular formula is C27H46N4O6Si2. The van der Waals surface area contributed by atoms with Crippen LogP contribution in [0.5, 0.6) is 0 Å². The molecule has 39 heavy (non-hydrogen) atoms. The largest absolute Gasteiger partial charge is 0.414 e. The SMILES string of the molecule is CC(C)C(=O)Nc1nc2[nH]c([C@H]3C[C@@H]4O[Si](C(C)C)(C(C)C)O[Si](C(C)C)(C(C)C)OC[C@H]4O3)cc2c(=O)[nH]1. The lowest BCUT2D eigenvalue weighted by molar-refractivity contribution is -0.118. The molecule has 4 rings (SSSR count). The Kier molecular flexibility index (Phi) is 8.66. The number of hydrogen-bond donors (Lipinski definition) is 3. The number of nitrogens with one attached hydrogen (secondary N) is 3. The summed E-state index contributed by atoms with van der Waals surface area (Å²) in [7, 11) is -5.38. The number of aromatic amines is 2. The monoisotopic (exact) mass is 578 g/mol. The smallest absolute Gasteiger partial charge is 0.335 e. The van der Waals surface area contributed by atoms with Crippen LogP contribution in [0.1, 0.15) is 87.5 Å². The second-order valence-electron chi connectivity index (χ2n) is 12.6. The molecule has 0 spiro atoms. The molecule has 0 unspecified atom stereocenters. The molecule has 0 aliphatic carbocycles. The number of H-pyrrole nitrogens is 2. The van der Waals surface area contributed by atoms with Crippen LogP contribution in [0.4, 0.5) is 5.95 Å². The number of fused-ring (bicyclic) bond motifs is 2. The maximum atomic E-state index is 12.8. The van der Waals surface area contributed by atoms with Crippen molar-refractivity contribution in [2.45, 2.75) is 116 Å². The van der Waals surface area contributed by atoms with Crippen molar-refractivity contribution < 1.29 is 22.5 Å². The lowest BCUT2D eigenvalue weighted by Crippen LogP contribution is -2.65. The quantitative estimate of drug-likeness (QED) is 0.363. The van der Waals surface area contributed by atoms with Crippen LogP contribution < -0.4 is 10.9 Å². The van der Waals surface area contributed by atoms with Crippen molar-refractivity contribution in [3.05, 3.63) is 22.1 Å². The first-order chi connectivity index (χ1) is 18.2. The average Bonchev–Trinajstić information content (AvgIpc) is 3.42. The Bertz CT molecular complexity index is 1220. The fraction of sp³-hybridized carbons (Fsp3) is 0.741. The maximum Gasteiger partial charge on any atom is 0.335 e. The van der Waals surface area contributed by atoms with E-state index in [4.69, 9.17) is 17.7 Å². The molecule has 4 heterocycles. The summed E-state index contributed by atoms with van der Waals surface area (Å²) in [5.41, 5.74) is 1.82. The second-order valence-corrected chi connectivity index (χ2v) is 21.4. The van der Waals surface area contributed by atoms with Crippen LogP contribution in [0.15, 0.2) is 10.9 Å². The lowest BCUT2D eigenvalue weighted by Gasteiger charge is -2.51. The summed E-state index contributed by atoms with van der Waals surface area (Å²) in [4.78, 5) is 35.3. The summed E-state index contributed by atoms with van der Waals surface area (Å²) in [6.45, 7) is 21.6. The first-order valence-corrected chi connectivity index (χ1v) is 18.3. The number of anilines is 1. The van der Waals surface area contributed by atoms with Crippen molar-refractivity contribution in [3.63, 3.8) is 0 Å². The molecule has 10 nitrogen and oxygen atoms in total. The van der Waals surface area contributed by atoms with Crippen LogP contribution in [0.3, 0.4) is 0 Å². The normalized spacial score (nSPS) is 25.1. The molecule has 12 heteroatoms. The number of carbonyl (C=O) groups is 1. The molecule has 218 valence electrons. The van der Waals surface area contributed by atoms with Gasteiger partial charge in [0.1, 0.15) is 17.9 Å². The summed E-state index contributed by atoms with van der Waals surface area (Å²) < 4.78 is 27.8. The van der Waals surface area contributed by atoms with Gasteiger partial charge in [-0.25, -0.2) is 0 Å². The van der Waals surface area contributed by atoms with E-state index in [0.717, 1.165) is 5.69 Å².